The van der Waals surface area contributed by atoms with Crippen LogP contribution in [0, 0.1) is 0 Å². The Morgan fingerprint density at radius 2 is 1.96 bits per heavy atom. The third-order valence-electron chi connectivity index (χ3n) is 3.31. The summed E-state index contributed by atoms with van der Waals surface area (Å²) in [6.45, 7) is -0.146. The smallest absolute Gasteiger partial charge is 0.252 e. The molecule has 0 spiro atoms. The second-order valence-corrected chi connectivity index (χ2v) is 8.46. The highest BCUT2D eigenvalue weighted by Crippen LogP contribution is 2.22. The van der Waals surface area contributed by atoms with Gasteiger partial charge in [0.25, 0.3) is 5.91 Å². The summed E-state index contributed by atoms with van der Waals surface area (Å²) in [5.41, 5.74) is 0.159. The minimum absolute atomic E-state index is 0.0123. The minimum atomic E-state index is -3.64. The van der Waals surface area contributed by atoms with Crippen molar-refractivity contribution in [3.8, 4) is 0 Å². The molecule has 0 aromatic heterocycles. The summed E-state index contributed by atoms with van der Waals surface area (Å²) in [6.07, 6.45) is 1.94. The van der Waals surface area contributed by atoms with E-state index in [2.05, 4.69) is 26.6 Å². The summed E-state index contributed by atoms with van der Waals surface area (Å²) in [6, 6.07) is 4.42. The van der Waals surface area contributed by atoms with Gasteiger partial charge >= 0.3 is 0 Å². The first kappa shape index (κ1) is 17.9. The van der Waals surface area contributed by atoms with Crippen molar-refractivity contribution in [1.29, 1.82) is 0 Å². The Labute approximate surface area is 143 Å². The van der Waals surface area contributed by atoms with Crippen molar-refractivity contribution in [2.24, 2.45) is 0 Å². The fraction of sp³-hybridized carbons (Fsp3) is 0.429. The molecule has 1 aliphatic rings. The van der Waals surface area contributed by atoms with Crippen LogP contribution in [-0.4, -0.2) is 51.2 Å². The monoisotopic (exact) mass is 403 g/mol. The second-order valence-electron chi connectivity index (χ2n) is 5.45. The van der Waals surface area contributed by atoms with Gasteiger partial charge in [-0.25, -0.2) is 12.7 Å². The summed E-state index contributed by atoms with van der Waals surface area (Å²) in [5.74, 6) is -0.771. The molecule has 1 aromatic rings. The molecule has 9 heteroatoms. The Bertz CT molecular complexity index is 730. The van der Waals surface area contributed by atoms with Crippen molar-refractivity contribution in [3.63, 3.8) is 0 Å². The highest BCUT2D eigenvalue weighted by atomic mass is 79.9. The summed E-state index contributed by atoms with van der Waals surface area (Å²) >= 11 is 3.22. The van der Waals surface area contributed by atoms with Gasteiger partial charge in [0.1, 0.15) is 0 Å². The van der Waals surface area contributed by atoms with Crippen LogP contribution in [0.25, 0.3) is 0 Å². The van der Waals surface area contributed by atoms with E-state index >= 15 is 0 Å². The first-order chi connectivity index (χ1) is 10.7. The molecule has 2 amide bonds. The predicted octanol–water partition coefficient (Wildman–Crippen LogP) is 0.708. The van der Waals surface area contributed by atoms with E-state index < -0.39 is 15.9 Å². The normalized spacial score (nSPS) is 14.6. The van der Waals surface area contributed by atoms with E-state index in [4.69, 9.17) is 0 Å². The van der Waals surface area contributed by atoms with Gasteiger partial charge < -0.3 is 10.6 Å². The Kier molecular flexibility index (Phi) is 5.43. The van der Waals surface area contributed by atoms with Crippen LogP contribution in [0.2, 0.25) is 0 Å². The van der Waals surface area contributed by atoms with Crippen LogP contribution in [0.4, 0.5) is 0 Å². The van der Waals surface area contributed by atoms with Crippen LogP contribution in [0.15, 0.2) is 27.6 Å². The molecule has 0 radical (unpaired) electrons. The lowest BCUT2D eigenvalue weighted by atomic mass is 10.2. The van der Waals surface area contributed by atoms with Gasteiger partial charge in [-0.05, 0) is 47.0 Å². The number of rotatable bonds is 6. The number of sulfonamides is 1. The average molecular weight is 404 g/mol. The third kappa shape index (κ3) is 4.52. The van der Waals surface area contributed by atoms with Gasteiger partial charge in [0.05, 0.1) is 17.0 Å². The Morgan fingerprint density at radius 1 is 1.30 bits per heavy atom. The number of carbonyl (C=O) groups is 2. The number of nitrogens with zero attached hydrogens (tertiary/aromatic N) is 1. The van der Waals surface area contributed by atoms with Gasteiger partial charge in [-0.15, -0.1) is 0 Å². The number of hydrogen-bond donors (Lipinski definition) is 2. The number of nitrogens with one attached hydrogen (secondary N) is 2. The lowest BCUT2D eigenvalue weighted by molar-refractivity contribution is -0.120. The van der Waals surface area contributed by atoms with Crippen molar-refractivity contribution in [2.75, 3.05) is 20.6 Å². The first-order valence-electron chi connectivity index (χ1n) is 7.01. The van der Waals surface area contributed by atoms with Crippen LogP contribution in [-0.2, 0) is 14.8 Å². The Morgan fingerprint density at radius 3 is 2.52 bits per heavy atom. The molecule has 126 valence electrons. The zero-order chi connectivity index (χ0) is 17.2. The summed E-state index contributed by atoms with van der Waals surface area (Å²) in [5, 5.41) is 5.25. The quantitative estimate of drug-likeness (QED) is 0.730. The highest BCUT2D eigenvalue weighted by Gasteiger charge is 2.24. The molecular formula is C14H18BrN3O4S. The van der Waals surface area contributed by atoms with Crippen molar-refractivity contribution in [3.05, 3.63) is 28.2 Å². The maximum atomic E-state index is 12.2. The molecule has 0 saturated heterocycles. The molecule has 0 atom stereocenters. The standard InChI is InChI=1S/C14H18BrN3O4S/c1-18(2)23(21,22)10-5-6-12(15)11(7-10)14(20)16-8-13(19)17-9-3-4-9/h5-7,9H,3-4,8H2,1-2H3,(H,16,20)(H,17,19). The maximum Gasteiger partial charge on any atom is 0.252 e. The van der Waals surface area contributed by atoms with Crippen LogP contribution >= 0.6 is 15.9 Å². The van der Waals surface area contributed by atoms with Gasteiger partial charge in [-0.3, -0.25) is 9.59 Å². The maximum absolute atomic E-state index is 12.2. The van der Waals surface area contributed by atoms with Crippen molar-refractivity contribution < 1.29 is 18.0 Å². The van der Waals surface area contributed by atoms with E-state index in [0.717, 1.165) is 17.1 Å². The topological polar surface area (TPSA) is 95.6 Å². The van der Waals surface area contributed by atoms with Crippen LogP contribution < -0.4 is 10.6 Å². The number of amides is 2. The molecule has 0 aliphatic heterocycles. The largest absolute Gasteiger partial charge is 0.352 e. The molecule has 1 aliphatic carbocycles. The van der Waals surface area contributed by atoms with Crippen LogP contribution in [0.5, 0.6) is 0 Å². The van der Waals surface area contributed by atoms with Gasteiger partial charge in [-0.1, -0.05) is 0 Å². The molecule has 7 nitrogen and oxygen atoms in total. The van der Waals surface area contributed by atoms with E-state index in [1.54, 1.807) is 0 Å². The predicted molar refractivity (Wildman–Crippen MR) is 88.5 cm³/mol. The Balaban J connectivity index is 2.11. The molecule has 2 rings (SSSR count). The van der Waals surface area contributed by atoms with E-state index in [9.17, 15) is 18.0 Å². The minimum Gasteiger partial charge on any atom is -0.352 e. The molecule has 0 unspecified atom stereocenters. The lowest BCUT2D eigenvalue weighted by Crippen LogP contribution is -2.38. The molecule has 1 fully saturated rings. The molecule has 0 bridgehead atoms. The summed E-state index contributed by atoms with van der Waals surface area (Å²) in [4.78, 5) is 23.8. The lowest BCUT2D eigenvalue weighted by Gasteiger charge is -2.13. The fourth-order valence-electron chi connectivity index (χ4n) is 1.81. The molecule has 2 N–H and O–H groups in total. The zero-order valence-electron chi connectivity index (χ0n) is 12.8. The highest BCUT2D eigenvalue weighted by molar-refractivity contribution is 9.10. The third-order valence-corrected chi connectivity index (χ3v) is 5.82. The molecule has 1 aromatic carbocycles. The Hall–Kier alpha value is -1.45. The first-order valence-corrected chi connectivity index (χ1v) is 9.25. The van der Waals surface area contributed by atoms with E-state index in [1.807, 2.05) is 0 Å². The average Bonchev–Trinajstić information content (AvgIpc) is 3.28. The van der Waals surface area contributed by atoms with E-state index in [0.29, 0.717) is 4.47 Å². The fourth-order valence-corrected chi connectivity index (χ4v) is 3.17. The van der Waals surface area contributed by atoms with E-state index in [1.165, 1.54) is 32.3 Å². The molecule has 0 heterocycles. The van der Waals surface area contributed by atoms with Gasteiger partial charge in [-0.2, -0.15) is 0 Å². The van der Waals surface area contributed by atoms with Crippen molar-refractivity contribution in [1.82, 2.24) is 14.9 Å². The summed E-state index contributed by atoms with van der Waals surface area (Å²) in [7, 11) is -0.803. The SMILES string of the molecule is CN(C)S(=O)(=O)c1ccc(Br)c(C(=O)NCC(=O)NC2CC2)c1. The van der Waals surface area contributed by atoms with Gasteiger partial charge in [0.15, 0.2) is 0 Å². The molecule has 23 heavy (non-hydrogen) atoms. The number of halogens is 1. The zero-order valence-corrected chi connectivity index (χ0v) is 15.2. The second kappa shape index (κ2) is 6.98. The van der Waals surface area contributed by atoms with Crippen LogP contribution in [0.1, 0.15) is 23.2 Å². The van der Waals surface area contributed by atoms with Gasteiger partial charge in [0, 0.05) is 24.6 Å². The number of hydrogen-bond acceptors (Lipinski definition) is 4. The van der Waals surface area contributed by atoms with Crippen molar-refractivity contribution >= 4 is 37.8 Å². The number of carbonyl (C=O) groups excluding carboxylic acids is 2. The van der Waals surface area contributed by atoms with Gasteiger partial charge in [0.2, 0.25) is 15.9 Å². The number of benzene rings is 1. The van der Waals surface area contributed by atoms with E-state index in [-0.39, 0.29) is 29.0 Å². The van der Waals surface area contributed by atoms with Crippen molar-refractivity contribution in [2.45, 2.75) is 23.8 Å². The van der Waals surface area contributed by atoms with Crippen LogP contribution in [0.3, 0.4) is 0 Å². The molecular weight excluding hydrogens is 386 g/mol. The summed E-state index contributed by atoms with van der Waals surface area (Å²) < 4.78 is 25.8. The molecule has 1 saturated carbocycles.